The predicted octanol–water partition coefficient (Wildman–Crippen LogP) is 2.19. The topological polar surface area (TPSA) is 51.4 Å². The number of nitrogens with zero attached hydrogens (tertiary/aromatic N) is 2. The maximum absolute atomic E-state index is 5.92. The Morgan fingerprint density at radius 3 is 2.89 bits per heavy atom. The number of nitrogens with two attached hydrogens (primary N) is 1. The van der Waals surface area contributed by atoms with Crippen molar-refractivity contribution in [3.8, 4) is 5.75 Å². The summed E-state index contributed by atoms with van der Waals surface area (Å²) in [5.74, 6) is 0.871. The molecule has 2 heterocycles. The van der Waals surface area contributed by atoms with Crippen molar-refractivity contribution in [2.45, 2.75) is 38.6 Å². The van der Waals surface area contributed by atoms with Crippen LogP contribution < -0.4 is 15.4 Å². The molecule has 0 atom stereocenters. The third-order valence-electron chi connectivity index (χ3n) is 3.37. The molecule has 0 saturated carbocycles. The van der Waals surface area contributed by atoms with Crippen molar-refractivity contribution in [1.82, 2.24) is 4.98 Å². The summed E-state index contributed by atoms with van der Waals surface area (Å²) in [5, 5.41) is 0. The zero-order chi connectivity index (χ0) is 12.8. The van der Waals surface area contributed by atoms with Gasteiger partial charge >= 0.3 is 0 Å². The lowest BCUT2D eigenvalue weighted by molar-refractivity contribution is 0.308. The lowest BCUT2D eigenvalue weighted by Gasteiger charge is -2.31. The van der Waals surface area contributed by atoms with Crippen LogP contribution in [0.2, 0.25) is 0 Å². The average Bonchev–Trinajstić information content (AvgIpc) is 2.40. The first-order chi connectivity index (χ1) is 8.79. The summed E-state index contributed by atoms with van der Waals surface area (Å²) in [5.41, 5.74) is 7.07. The van der Waals surface area contributed by atoms with Crippen LogP contribution in [-0.2, 0) is 0 Å². The first-order valence-electron chi connectivity index (χ1n) is 6.88. The van der Waals surface area contributed by atoms with Crippen molar-refractivity contribution in [2.75, 3.05) is 24.6 Å². The van der Waals surface area contributed by atoms with Crippen molar-refractivity contribution >= 4 is 5.69 Å². The molecular weight excluding hydrogens is 226 g/mol. The molecule has 1 fully saturated rings. The SMILES string of the molecule is CCCCOc1cncc(N2CCC(N)CC2)c1. The second-order valence-corrected chi connectivity index (χ2v) is 4.91. The maximum atomic E-state index is 5.92. The molecule has 1 aliphatic heterocycles. The smallest absolute Gasteiger partial charge is 0.139 e. The largest absolute Gasteiger partial charge is 0.492 e. The summed E-state index contributed by atoms with van der Waals surface area (Å²) in [7, 11) is 0. The molecule has 0 aromatic carbocycles. The number of anilines is 1. The summed E-state index contributed by atoms with van der Waals surface area (Å²) in [6.45, 7) is 4.96. The summed E-state index contributed by atoms with van der Waals surface area (Å²) in [6.07, 6.45) is 8.04. The Kier molecular flexibility index (Phi) is 4.81. The third kappa shape index (κ3) is 3.60. The fourth-order valence-electron chi connectivity index (χ4n) is 2.15. The molecule has 0 radical (unpaired) electrons. The van der Waals surface area contributed by atoms with Crippen molar-refractivity contribution in [2.24, 2.45) is 5.73 Å². The second kappa shape index (κ2) is 6.59. The molecule has 1 aromatic rings. The number of pyridine rings is 1. The summed E-state index contributed by atoms with van der Waals surface area (Å²) in [6, 6.07) is 2.44. The van der Waals surface area contributed by atoms with Gasteiger partial charge in [0.15, 0.2) is 0 Å². The average molecular weight is 249 g/mol. The van der Waals surface area contributed by atoms with Gasteiger partial charge in [0.1, 0.15) is 5.75 Å². The molecule has 18 heavy (non-hydrogen) atoms. The highest BCUT2D eigenvalue weighted by Crippen LogP contribution is 2.22. The van der Waals surface area contributed by atoms with E-state index in [2.05, 4.69) is 22.9 Å². The Bertz CT molecular complexity index is 362. The van der Waals surface area contributed by atoms with E-state index in [9.17, 15) is 0 Å². The van der Waals surface area contributed by atoms with E-state index < -0.39 is 0 Å². The zero-order valence-electron chi connectivity index (χ0n) is 11.1. The second-order valence-electron chi connectivity index (χ2n) is 4.91. The molecule has 0 unspecified atom stereocenters. The van der Waals surface area contributed by atoms with E-state index >= 15 is 0 Å². The normalized spacial score (nSPS) is 16.9. The van der Waals surface area contributed by atoms with E-state index in [1.54, 1.807) is 6.20 Å². The van der Waals surface area contributed by atoms with Crippen LogP contribution in [0.25, 0.3) is 0 Å². The predicted molar refractivity (Wildman–Crippen MR) is 74.1 cm³/mol. The number of unbranched alkanes of at least 4 members (excludes halogenated alkanes) is 1. The maximum Gasteiger partial charge on any atom is 0.139 e. The Morgan fingerprint density at radius 1 is 1.39 bits per heavy atom. The van der Waals surface area contributed by atoms with Crippen LogP contribution in [0, 0.1) is 0 Å². The van der Waals surface area contributed by atoms with Crippen LogP contribution in [0.1, 0.15) is 32.6 Å². The van der Waals surface area contributed by atoms with Crippen LogP contribution in [-0.4, -0.2) is 30.7 Å². The Labute approximate surface area is 109 Å². The van der Waals surface area contributed by atoms with Crippen LogP contribution in [0.3, 0.4) is 0 Å². The molecule has 2 N–H and O–H groups in total. The van der Waals surface area contributed by atoms with Gasteiger partial charge in [-0.2, -0.15) is 0 Å². The zero-order valence-corrected chi connectivity index (χ0v) is 11.1. The quantitative estimate of drug-likeness (QED) is 0.813. The molecule has 4 nitrogen and oxygen atoms in total. The van der Waals surface area contributed by atoms with Crippen molar-refractivity contribution in [1.29, 1.82) is 0 Å². The Balaban J connectivity index is 1.94. The minimum atomic E-state index is 0.359. The fourth-order valence-corrected chi connectivity index (χ4v) is 2.15. The molecule has 1 aromatic heterocycles. The van der Waals surface area contributed by atoms with Gasteiger partial charge in [0.05, 0.1) is 24.7 Å². The molecule has 1 aliphatic rings. The van der Waals surface area contributed by atoms with Gasteiger partial charge in [-0.05, 0) is 19.3 Å². The number of ether oxygens (including phenoxy) is 1. The van der Waals surface area contributed by atoms with E-state index in [4.69, 9.17) is 10.5 Å². The molecule has 100 valence electrons. The fraction of sp³-hybridized carbons (Fsp3) is 0.643. The van der Waals surface area contributed by atoms with E-state index in [0.29, 0.717) is 6.04 Å². The first kappa shape index (κ1) is 13.1. The summed E-state index contributed by atoms with van der Waals surface area (Å²) in [4.78, 5) is 6.60. The Morgan fingerprint density at radius 2 is 2.17 bits per heavy atom. The van der Waals surface area contributed by atoms with Crippen LogP contribution in [0.15, 0.2) is 18.5 Å². The van der Waals surface area contributed by atoms with Gasteiger partial charge in [-0.1, -0.05) is 13.3 Å². The minimum Gasteiger partial charge on any atom is -0.492 e. The minimum absolute atomic E-state index is 0.359. The van der Waals surface area contributed by atoms with E-state index in [-0.39, 0.29) is 0 Å². The summed E-state index contributed by atoms with van der Waals surface area (Å²) < 4.78 is 5.69. The summed E-state index contributed by atoms with van der Waals surface area (Å²) >= 11 is 0. The standard InChI is InChI=1S/C14H23N3O/c1-2-3-8-18-14-9-13(10-16-11-14)17-6-4-12(15)5-7-17/h9-12H,2-8,15H2,1H3. The lowest BCUT2D eigenvalue weighted by atomic mass is 10.1. The van der Waals surface area contributed by atoms with E-state index in [1.807, 2.05) is 6.20 Å². The third-order valence-corrected chi connectivity index (χ3v) is 3.37. The molecule has 0 spiro atoms. The highest BCUT2D eigenvalue weighted by molar-refractivity contribution is 5.48. The number of piperidine rings is 1. The van der Waals surface area contributed by atoms with Crippen molar-refractivity contribution < 1.29 is 4.74 Å². The van der Waals surface area contributed by atoms with Gasteiger partial charge in [0.2, 0.25) is 0 Å². The van der Waals surface area contributed by atoms with Crippen molar-refractivity contribution in [3.05, 3.63) is 18.5 Å². The Hall–Kier alpha value is -1.29. The molecule has 0 amide bonds. The van der Waals surface area contributed by atoms with Gasteiger partial charge in [-0.25, -0.2) is 0 Å². The molecule has 2 rings (SSSR count). The van der Waals surface area contributed by atoms with Crippen LogP contribution >= 0.6 is 0 Å². The highest BCUT2D eigenvalue weighted by Gasteiger charge is 2.16. The van der Waals surface area contributed by atoms with Gasteiger partial charge in [0.25, 0.3) is 0 Å². The van der Waals surface area contributed by atoms with Crippen molar-refractivity contribution in [3.63, 3.8) is 0 Å². The van der Waals surface area contributed by atoms with Gasteiger partial charge in [-0.3, -0.25) is 4.98 Å². The van der Waals surface area contributed by atoms with E-state index in [0.717, 1.165) is 56.8 Å². The monoisotopic (exact) mass is 249 g/mol. The van der Waals surface area contributed by atoms with Gasteiger partial charge in [-0.15, -0.1) is 0 Å². The number of rotatable bonds is 5. The van der Waals surface area contributed by atoms with E-state index in [1.165, 1.54) is 0 Å². The lowest BCUT2D eigenvalue weighted by Crippen LogP contribution is -2.39. The number of aromatic nitrogens is 1. The highest BCUT2D eigenvalue weighted by atomic mass is 16.5. The van der Waals surface area contributed by atoms with Crippen LogP contribution in [0.4, 0.5) is 5.69 Å². The van der Waals surface area contributed by atoms with Gasteiger partial charge in [0, 0.05) is 25.2 Å². The first-order valence-corrected chi connectivity index (χ1v) is 6.88. The van der Waals surface area contributed by atoms with Crippen LogP contribution in [0.5, 0.6) is 5.75 Å². The molecule has 4 heteroatoms. The molecule has 0 aliphatic carbocycles. The molecule has 1 saturated heterocycles. The van der Waals surface area contributed by atoms with Gasteiger partial charge < -0.3 is 15.4 Å². The molecular formula is C14H23N3O. The number of hydrogen-bond donors (Lipinski definition) is 1. The molecule has 0 bridgehead atoms. The number of hydrogen-bond acceptors (Lipinski definition) is 4.